The van der Waals surface area contributed by atoms with Crippen molar-refractivity contribution in [3.63, 3.8) is 0 Å². The summed E-state index contributed by atoms with van der Waals surface area (Å²) in [7, 11) is 0. The van der Waals surface area contributed by atoms with Gasteiger partial charge >= 0.3 is 6.09 Å². The van der Waals surface area contributed by atoms with Crippen molar-refractivity contribution in [1.29, 1.82) is 0 Å². The van der Waals surface area contributed by atoms with Gasteiger partial charge in [-0.3, -0.25) is 4.79 Å². The highest BCUT2D eigenvalue weighted by molar-refractivity contribution is 7.17. The van der Waals surface area contributed by atoms with Crippen LogP contribution in [0.5, 0.6) is 5.75 Å². The van der Waals surface area contributed by atoms with Gasteiger partial charge in [0.1, 0.15) is 10.4 Å². The SMILES string of the molecule is CC(N)c1ccc(-c2c(OC(=O)N3CCOCC3)ccc3[nH]c(=O)c4sccc4c23)cc1. The number of morpholine rings is 1. The molecule has 1 amide bonds. The van der Waals surface area contributed by atoms with Crippen LogP contribution in [0.25, 0.3) is 32.1 Å². The lowest BCUT2D eigenvalue weighted by Crippen LogP contribution is -2.42. The van der Waals surface area contributed by atoms with Gasteiger partial charge in [-0.2, -0.15) is 0 Å². The molecule has 0 saturated carbocycles. The highest BCUT2D eigenvalue weighted by atomic mass is 32.1. The van der Waals surface area contributed by atoms with E-state index in [-0.39, 0.29) is 11.6 Å². The third-order valence-electron chi connectivity index (χ3n) is 5.75. The zero-order valence-electron chi connectivity index (χ0n) is 17.6. The van der Waals surface area contributed by atoms with Crippen molar-refractivity contribution in [2.75, 3.05) is 26.3 Å². The molecule has 1 aliphatic rings. The van der Waals surface area contributed by atoms with Crippen molar-refractivity contribution in [2.45, 2.75) is 13.0 Å². The summed E-state index contributed by atoms with van der Waals surface area (Å²) in [5.74, 6) is 0.446. The lowest BCUT2D eigenvalue weighted by atomic mass is 9.95. The highest BCUT2D eigenvalue weighted by Gasteiger charge is 2.23. The highest BCUT2D eigenvalue weighted by Crippen LogP contribution is 2.40. The normalized spacial score (nSPS) is 15.2. The second kappa shape index (κ2) is 8.38. The number of carbonyl (C=O) groups is 1. The van der Waals surface area contributed by atoms with E-state index in [2.05, 4.69) is 4.98 Å². The van der Waals surface area contributed by atoms with E-state index in [4.69, 9.17) is 15.2 Å². The number of fused-ring (bicyclic) bond motifs is 3. The van der Waals surface area contributed by atoms with Gasteiger partial charge in [-0.15, -0.1) is 11.3 Å². The second-order valence-electron chi connectivity index (χ2n) is 7.86. The minimum atomic E-state index is -0.410. The van der Waals surface area contributed by atoms with Gasteiger partial charge in [0.25, 0.3) is 5.56 Å². The van der Waals surface area contributed by atoms with E-state index in [1.54, 1.807) is 17.0 Å². The fourth-order valence-electron chi connectivity index (χ4n) is 4.06. The summed E-state index contributed by atoms with van der Waals surface area (Å²) in [6, 6.07) is 13.3. The predicted molar refractivity (Wildman–Crippen MR) is 126 cm³/mol. The number of benzene rings is 2. The summed E-state index contributed by atoms with van der Waals surface area (Å²) in [5, 5.41) is 3.58. The Bertz CT molecular complexity index is 1350. The molecule has 1 atom stereocenters. The Kier molecular flexibility index (Phi) is 5.42. The van der Waals surface area contributed by atoms with Crippen molar-refractivity contribution < 1.29 is 14.3 Å². The third-order valence-corrected chi connectivity index (χ3v) is 6.66. The van der Waals surface area contributed by atoms with Crippen LogP contribution in [0.2, 0.25) is 0 Å². The molecule has 1 saturated heterocycles. The zero-order chi connectivity index (χ0) is 22.2. The Hall–Kier alpha value is -3.20. The van der Waals surface area contributed by atoms with Crippen LogP contribution in [-0.2, 0) is 4.74 Å². The van der Waals surface area contributed by atoms with Gasteiger partial charge in [-0.25, -0.2) is 4.79 Å². The minimum Gasteiger partial charge on any atom is -0.410 e. The number of H-pyrrole nitrogens is 1. The molecule has 0 radical (unpaired) electrons. The van der Waals surface area contributed by atoms with E-state index in [1.807, 2.05) is 42.6 Å². The molecule has 164 valence electrons. The number of pyridine rings is 1. The number of nitrogens with two attached hydrogens (primary N) is 1. The Morgan fingerprint density at radius 3 is 2.62 bits per heavy atom. The number of carbonyl (C=O) groups excluding carboxylic acids is 1. The molecule has 1 fully saturated rings. The molecule has 2 aromatic heterocycles. The molecule has 32 heavy (non-hydrogen) atoms. The number of aromatic nitrogens is 1. The maximum Gasteiger partial charge on any atom is 0.415 e. The molecule has 1 aliphatic heterocycles. The predicted octanol–water partition coefficient (Wildman–Crippen LogP) is 4.26. The number of rotatable bonds is 3. The summed E-state index contributed by atoms with van der Waals surface area (Å²) in [6.07, 6.45) is -0.410. The number of hydrogen-bond donors (Lipinski definition) is 2. The summed E-state index contributed by atoms with van der Waals surface area (Å²) in [4.78, 5) is 30.0. The van der Waals surface area contributed by atoms with E-state index in [1.165, 1.54) is 11.3 Å². The van der Waals surface area contributed by atoms with Crippen LogP contribution in [0.4, 0.5) is 4.79 Å². The van der Waals surface area contributed by atoms with Crippen LogP contribution >= 0.6 is 11.3 Å². The third kappa shape index (κ3) is 3.66. The molecular weight excluding hydrogens is 426 g/mol. The number of amides is 1. The Morgan fingerprint density at radius 2 is 1.91 bits per heavy atom. The van der Waals surface area contributed by atoms with Gasteiger partial charge in [0.2, 0.25) is 0 Å². The molecule has 3 N–H and O–H groups in total. The van der Waals surface area contributed by atoms with Gasteiger partial charge < -0.3 is 25.1 Å². The summed E-state index contributed by atoms with van der Waals surface area (Å²) in [5.41, 5.74) is 9.24. The largest absolute Gasteiger partial charge is 0.415 e. The van der Waals surface area contributed by atoms with E-state index in [0.29, 0.717) is 42.3 Å². The van der Waals surface area contributed by atoms with Crippen LogP contribution < -0.4 is 16.0 Å². The van der Waals surface area contributed by atoms with E-state index in [0.717, 1.165) is 27.5 Å². The van der Waals surface area contributed by atoms with Crippen molar-refractivity contribution >= 4 is 38.4 Å². The number of nitrogens with zero attached hydrogens (tertiary/aromatic N) is 1. The minimum absolute atomic E-state index is 0.0879. The monoisotopic (exact) mass is 449 g/mol. The van der Waals surface area contributed by atoms with E-state index < -0.39 is 6.09 Å². The zero-order valence-corrected chi connectivity index (χ0v) is 18.4. The average Bonchev–Trinajstić information content (AvgIpc) is 3.31. The Balaban J connectivity index is 1.70. The molecule has 0 spiro atoms. The number of hydrogen-bond acceptors (Lipinski definition) is 6. The van der Waals surface area contributed by atoms with E-state index in [9.17, 15) is 9.59 Å². The van der Waals surface area contributed by atoms with Crippen molar-refractivity contribution in [1.82, 2.24) is 9.88 Å². The van der Waals surface area contributed by atoms with Gasteiger partial charge in [0, 0.05) is 41.0 Å². The molecule has 5 rings (SSSR count). The Morgan fingerprint density at radius 1 is 1.16 bits per heavy atom. The standard InChI is InChI=1S/C24H23N3O4S/c1-14(25)15-2-4-16(5-3-15)20-19(31-24(29)27-9-11-30-12-10-27)7-6-18-21(20)17-8-13-32-22(17)23(28)26-18/h2-8,13-14H,9-12,25H2,1H3,(H,26,28). The molecule has 1 unspecified atom stereocenters. The molecule has 0 bridgehead atoms. The van der Waals surface area contributed by atoms with Crippen LogP contribution in [-0.4, -0.2) is 42.3 Å². The summed E-state index contributed by atoms with van der Waals surface area (Å²) >= 11 is 1.39. The van der Waals surface area contributed by atoms with Crippen molar-refractivity contribution in [2.24, 2.45) is 5.73 Å². The molecular formula is C24H23N3O4S. The van der Waals surface area contributed by atoms with Crippen LogP contribution in [0.3, 0.4) is 0 Å². The number of nitrogens with one attached hydrogen (secondary N) is 1. The first-order chi connectivity index (χ1) is 15.5. The van der Waals surface area contributed by atoms with Crippen molar-refractivity contribution in [3.8, 4) is 16.9 Å². The Labute approximate surface area is 188 Å². The van der Waals surface area contributed by atoms with Gasteiger partial charge in [-0.05, 0) is 41.6 Å². The van der Waals surface area contributed by atoms with Crippen LogP contribution in [0, 0.1) is 0 Å². The molecule has 0 aliphatic carbocycles. The smallest absolute Gasteiger partial charge is 0.410 e. The second-order valence-corrected chi connectivity index (χ2v) is 8.77. The lowest BCUT2D eigenvalue weighted by molar-refractivity contribution is 0.0416. The lowest BCUT2D eigenvalue weighted by Gasteiger charge is -2.26. The van der Waals surface area contributed by atoms with Gasteiger partial charge in [-0.1, -0.05) is 24.3 Å². The van der Waals surface area contributed by atoms with Gasteiger partial charge in [0.05, 0.1) is 13.2 Å². The fourth-order valence-corrected chi connectivity index (χ4v) is 4.85. The first-order valence-corrected chi connectivity index (χ1v) is 11.4. The number of thiophene rings is 1. The number of ether oxygens (including phenoxy) is 2. The maximum atomic E-state index is 12.9. The quantitative estimate of drug-likeness (QED) is 0.487. The molecule has 8 heteroatoms. The summed E-state index contributed by atoms with van der Waals surface area (Å²) in [6.45, 7) is 3.91. The molecule has 3 heterocycles. The van der Waals surface area contributed by atoms with Crippen LogP contribution in [0.15, 0.2) is 52.6 Å². The fraction of sp³-hybridized carbons (Fsp3) is 0.250. The molecule has 4 aromatic rings. The van der Waals surface area contributed by atoms with E-state index >= 15 is 0 Å². The first-order valence-electron chi connectivity index (χ1n) is 10.5. The average molecular weight is 450 g/mol. The van der Waals surface area contributed by atoms with Gasteiger partial charge in [0.15, 0.2) is 0 Å². The van der Waals surface area contributed by atoms with Crippen LogP contribution in [0.1, 0.15) is 18.5 Å². The molecule has 2 aromatic carbocycles. The topological polar surface area (TPSA) is 97.7 Å². The summed E-state index contributed by atoms with van der Waals surface area (Å²) < 4.78 is 11.9. The van der Waals surface area contributed by atoms with Crippen molar-refractivity contribution in [3.05, 3.63) is 63.8 Å². The molecule has 7 nitrogen and oxygen atoms in total. The first kappa shape index (κ1) is 20.7. The maximum absolute atomic E-state index is 12.9. The number of aromatic amines is 1.